The third-order valence-corrected chi connectivity index (χ3v) is 4.76. The smallest absolute Gasteiger partial charge is 0.261 e. The van der Waals surface area contributed by atoms with Gasteiger partial charge in [-0.2, -0.15) is 10.1 Å². The molecule has 0 bridgehead atoms. The Morgan fingerprint density at radius 2 is 1.90 bits per heavy atom. The summed E-state index contributed by atoms with van der Waals surface area (Å²) in [5.74, 6) is 0.895. The van der Waals surface area contributed by atoms with Crippen LogP contribution in [0.15, 0.2) is 47.6 Å². The number of hydrogen-bond acceptors (Lipinski definition) is 9. The maximum Gasteiger partial charge on any atom is 0.261 e. The number of hydrogen-bond donors (Lipinski definition) is 1. The lowest BCUT2D eigenvalue weighted by atomic mass is 10.0. The SMILES string of the molecule is CC(c1ccc(-c2cnc(N)nc2)nc1)c1noc(-c2cnn(CC(=O)N(C)C)c2)n1. The largest absolute Gasteiger partial charge is 0.368 e. The molecule has 1 atom stereocenters. The van der Waals surface area contributed by atoms with E-state index < -0.39 is 0 Å². The molecule has 0 saturated heterocycles. The van der Waals surface area contributed by atoms with E-state index in [1.165, 1.54) is 9.58 Å². The van der Waals surface area contributed by atoms with E-state index in [9.17, 15) is 4.79 Å². The van der Waals surface area contributed by atoms with Crippen LogP contribution in [0, 0.1) is 0 Å². The van der Waals surface area contributed by atoms with Gasteiger partial charge >= 0.3 is 0 Å². The molecule has 4 rings (SSSR count). The van der Waals surface area contributed by atoms with Crippen molar-refractivity contribution in [3.63, 3.8) is 0 Å². The number of anilines is 1. The number of rotatable bonds is 6. The Balaban J connectivity index is 1.48. The molecule has 1 unspecified atom stereocenters. The summed E-state index contributed by atoms with van der Waals surface area (Å²) in [7, 11) is 3.40. The Hall–Kier alpha value is -4.15. The summed E-state index contributed by atoms with van der Waals surface area (Å²) in [6.45, 7) is 2.11. The van der Waals surface area contributed by atoms with Crippen LogP contribution in [0.1, 0.15) is 24.2 Å². The van der Waals surface area contributed by atoms with E-state index in [4.69, 9.17) is 10.3 Å². The maximum absolute atomic E-state index is 11.8. The quantitative estimate of drug-likeness (QED) is 0.493. The van der Waals surface area contributed by atoms with Crippen molar-refractivity contribution in [1.82, 2.24) is 39.8 Å². The summed E-state index contributed by atoms with van der Waals surface area (Å²) in [5, 5.41) is 8.28. The van der Waals surface area contributed by atoms with Gasteiger partial charge in [0.05, 0.1) is 17.5 Å². The van der Waals surface area contributed by atoms with Gasteiger partial charge in [0.1, 0.15) is 6.54 Å². The van der Waals surface area contributed by atoms with Crippen molar-refractivity contribution < 1.29 is 9.32 Å². The van der Waals surface area contributed by atoms with E-state index in [-0.39, 0.29) is 24.3 Å². The molecule has 158 valence electrons. The summed E-state index contributed by atoms with van der Waals surface area (Å²) >= 11 is 0. The van der Waals surface area contributed by atoms with Gasteiger partial charge < -0.3 is 15.2 Å². The highest BCUT2D eigenvalue weighted by Crippen LogP contribution is 2.25. The minimum atomic E-state index is -0.132. The van der Waals surface area contributed by atoms with Gasteiger partial charge in [-0.15, -0.1) is 0 Å². The summed E-state index contributed by atoms with van der Waals surface area (Å²) < 4.78 is 6.94. The molecule has 11 nitrogen and oxygen atoms in total. The minimum absolute atomic E-state index is 0.0593. The van der Waals surface area contributed by atoms with Gasteiger partial charge in [-0.3, -0.25) is 14.5 Å². The zero-order valence-electron chi connectivity index (χ0n) is 17.3. The average molecular weight is 419 g/mol. The average Bonchev–Trinajstić information content (AvgIpc) is 3.43. The second-order valence-corrected chi connectivity index (χ2v) is 7.20. The number of pyridine rings is 1. The van der Waals surface area contributed by atoms with Crippen LogP contribution in [-0.2, 0) is 11.3 Å². The van der Waals surface area contributed by atoms with Crippen molar-refractivity contribution in [2.45, 2.75) is 19.4 Å². The number of aromatic nitrogens is 7. The molecule has 31 heavy (non-hydrogen) atoms. The van der Waals surface area contributed by atoms with Crippen LogP contribution in [0.4, 0.5) is 5.95 Å². The van der Waals surface area contributed by atoms with E-state index in [2.05, 4.69) is 30.2 Å². The first kappa shape index (κ1) is 20.1. The molecule has 0 spiro atoms. The van der Waals surface area contributed by atoms with E-state index in [1.807, 2.05) is 19.1 Å². The zero-order valence-corrected chi connectivity index (χ0v) is 17.3. The van der Waals surface area contributed by atoms with E-state index >= 15 is 0 Å². The fourth-order valence-electron chi connectivity index (χ4n) is 2.82. The summed E-state index contributed by atoms with van der Waals surface area (Å²) in [6, 6.07) is 3.83. The molecule has 4 heterocycles. The summed E-state index contributed by atoms with van der Waals surface area (Å²) in [4.78, 5) is 30.3. The maximum atomic E-state index is 11.8. The van der Waals surface area contributed by atoms with Crippen LogP contribution in [0.2, 0.25) is 0 Å². The van der Waals surface area contributed by atoms with Crippen molar-refractivity contribution in [2.24, 2.45) is 0 Å². The van der Waals surface area contributed by atoms with Crippen LogP contribution < -0.4 is 5.73 Å². The standard InChI is InChI=1S/C20H21N9O2/c1-12(13-4-5-16(22-6-13)14-7-23-20(21)24-8-14)18-26-19(31-27-18)15-9-25-29(10-15)11-17(30)28(2)3/h4-10,12H,11H2,1-3H3,(H2,21,23,24). The van der Waals surface area contributed by atoms with Crippen LogP contribution in [0.25, 0.3) is 22.7 Å². The van der Waals surface area contributed by atoms with Crippen molar-refractivity contribution >= 4 is 11.9 Å². The number of nitrogens with two attached hydrogens (primary N) is 1. The molecule has 1 amide bonds. The first-order valence-electron chi connectivity index (χ1n) is 9.51. The van der Waals surface area contributed by atoms with Gasteiger partial charge in [0.2, 0.25) is 11.9 Å². The number of nitrogen functional groups attached to an aromatic ring is 1. The van der Waals surface area contributed by atoms with E-state index in [1.54, 1.807) is 45.1 Å². The molecule has 0 aliphatic heterocycles. The Morgan fingerprint density at radius 3 is 2.58 bits per heavy atom. The number of amides is 1. The Kier molecular flexibility index (Phi) is 5.39. The minimum Gasteiger partial charge on any atom is -0.368 e. The topological polar surface area (TPSA) is 142 Å². The van der Waals surface area contributed by atoms with Crippen molar-refractivity contribution in [1.29, 1.82) is 0 Å². The first-order chi connectivity index (χ1) is 14.9. The lowest BCUT2D eigenvalue weighted by Crippen LogP contribution is -2.26. The number of carbonyl (C=O) groups excluding carboxylic acids is 1. The lowest BCUT2D eigenvalue weighted by Gasteiger charge is -2.09. The third kappa shape index (κ3) is 4.39. The van der Waals surface area contributed by atoms with Gasteiger partial charge in [0.15, 0.2) is 5.82 Å². The zero-order chi connectivity index (χ0) is 22.0. The number of carbonyl (C=O) groups is 1. The fourth-order valence-corrected chi connectivity index (χ4v) is 2.82. The summed E-state index contributed by atoms with van der Waals surface area (Å²) in [5.41, 5.74) is 8.62. The molecule has 0 aromatic carbocycles. The second-order valence-electron chi connectivity index (χ2n) is 7.20. The van der Waals surface area contributed by atoms with E-state index in [0.29, 0.717) is 17.3 Å². The Bertz CT molecular complexity index is 1180. The normalized spacial score (nSPS) is 12.0. The Morgan fingerprint density at radius 1 is 1.13 bits per heavy atom. The van der Waals surface area contributed by atoms with Gasteiger partial charge in [0, 0.05) is 50.4 Å². The molecule has 0 saturated carbocycles. The first-order valence-corrected chi connectivity index (χ1v) is 9.51. The molecule has 11 heteroatoms. The highest BCUT2D eigenvalue weighted by Gasteiger charge is 2.18. The fraction of sp³-hybridized carbons (Fsp3) is 0.250. The molecule has 4 aromatic heterocycles. The highest BCUT2D eigenvalue weighted by atomic mass is 16.5. The molecule has 2 N–H and O–H groups in total. The predicted molar refractivity (Wildman–Crippen MR) is 111 cm³/mol. The number of likely N-dealkylation sites (N-methyl/N-ethyl adjacent to an activating group) is 1. The molecule has 0 aliphatic rings. The number of nitrogens with zero attached hydrogens (tertiary/aromatic N) is 8. The molecule has 0 radical (unpaired) electrons. The molecular weight excluding hydrogens is 398 g/mol. The molecule has 0 fully saturated rings. The van der Waals surface area contributed by atoms with Crippen LogP contribution >= 0.6 is 0 Å². The van der Waals surface area contributed by atoms with Gasteiger partial charge in [-0.25, -0.2) is 9.97 Å². The lowest BCUT2D eigenvalue weighted by molar-refractivity contribution is -0.129. The van der Waals surface area contributed by atoms with Crippen molar-refractivity contribution in [3.8, 4) is 22.7 Å². The van der Waals surface area contributed by atoms with Gasteiger partial charge in [0.25, 0.3) is 5.89 Å². The van der Waals surface area contributed by atoms with E-state index in [0.717, 1.165) is 16.8 Å². The highest BCUT2D eigenvalue weighted by molar-refractivity contribution is 5.75. The van der Waals surface area contributed by atoms with Gasteiger partial charge in [-0.1, -0.05) is 18.1 Å². The second kappa shape index (κ2) is 8.30. The van der Waals surface area contributed by atoms with Crippen molar-refractivity contribution in [3.05, 3.63) is 54.5 Å². The van der Waals surface area contributed by atoms with Crippen LogP contribution in [0.5, 0.6) is 0 Å². The van der Waals surface area contributed by atoms with Crippen LogP contribution in [0.3, 0.4) is 0 Å². The predicted octanol–water partition coefficient (Wildman–Crippen LogP) is 1.61. The molecule has 4 aromatic rings. The summed E-state index contributed by atoms with van der Waals surface area (Å²) in [6.07, 6.45) is 8.32. The van der Waals surface area contributed by atoms with Crippen LogP contribution in [-0.4, -0.2) is 59.8 Å². The molecular formula is C20H21N9O2. The monoisotopic (exact) mass is 419 g/mol. The Labute approximate surface area is 178 Å². The third-order valence-electron chi connectivity index (χ3n) is 4.76. The van der Waals surface area contributed by atoms with Gasteiger partial charge in [-0.05, 0) is 11.6 Å². The van der Waals surface area contributed by atoms with Crippen molar-refractivity contribution in [2.75, 3.05) is 19.8 Å². The molecule has 0 aliphatic carbocycles.